The number of hydrogen-bond acceptors (Lipinski definition) is 3. The van der Waals surface area contributed by atoms with Gasteiger partial charge < -0.3 is 9.47 Å². The van der Waals surface area contributed by atoms with Gasteiger partial charge in [-0.1, -0.05) is 67.1 Å². The third kappa shape index (κ3) is 2.13. The van der Waals surface area contributed by atoms with Gasteiger partial charge in [0.05, 0.1) is 5.41 Å². The maximum atomic E-state index is 13.8. The van der Waals surface area contributed by atoms with Crippen LogP contribution in [0.3, 0.4) is 0 Å². The van der Waals surface area contributed by atoms with Crippen molar-refractivity contribution >= 4 is 11.9 Å². The Morgan fingerprint density at radius 2 is 1.72 bits per heavy atom. The van der Waals surface area contributed by atoms with Gasteiger partial charge in [-0.05, 0) is 54.9 Å². The summed E-state index contributed by atoms with van der Waals surface area (Å²) in [4.78, 5) is 13.8. The summed E-state index contributed by atoms with van der Waals surface area (Å²) in [6, 6.07) is 18.8. The van der Waals surface area contributed by atoms with E-state index in [1.165, 1.54) is 11.1 Å². The molecule has 0 aromatic heterocycles. The maximum Gasteiger partial charge on any atom is 0.183 e. The van der Waals surface area contributed by atoms with Crippen LogP contribution in [0.2, 0.25) is 0 Å². The first-order chi connectivity index (χ1) is 14.1. The highest BCUT2D eigenvalue weighted by atomic mass is 16.8. The molecule has 2 aliphatic heterocycles. The van der Waals surface area contributed by atoms with Crippen LogP contribution in [-0.4, -0.2) is 17.7 Å². The molecule has 4 aliphatic rings. The minimum atomic E-state index is -0.793. The van der Waals surface area contributed by atoms with Crippen molar-refractivity contribution < 1.29 is 14.3 Å². The fraction of sp³-hybridized carbons (Fsp3) is 0.423. The Bertz CT molecular complexity index is 1030. The molecule has 148 valence electrons. The topological polar surface area (TPSA) is 35.5 Å². The largest absolute Gasteiger partial charge is 0.334 e. The van der Waals surface area contributed by atoms with Gasteiger partial charge in [0.25, 0.3) is 0 Å². The summed E-state index contributed by atoms with van der Waals surface area (Å²) in [6.45, 7) is 2.07. The number of fused-ring (bicyclic) bond motifs is 4. The minimum absolute atomic E-state index is 0.235. The second kappa shape index (κ2) is 5.90. The molecule has 2 spiro atoms. The molecule has 2 aromatic carbocycles. The molecule has 2 bridgehead atoms. The summed E-state index contributed by atoms with van der Waals surface area (Å²) in [7, 11) is 0. The van der Waals surface area contributed by atoms with Crippen LogP contribution in [0, 0.1) is 5.41 Å². The molecule has 2 aromatic rings. The van der Waals surface area contributed by atoms with Crippen LogP contribution in [0.25, 0.3) is 6.08 Å². The van der Waals surface area contributed by atoms with Crippen molar-refractivity contribution in [3.05, 3.63) is 76.9 Å². The zero-order valence-corrected chi connectivity index (χ0v) is 16.8. The molecule has 6 rings (SSSR count). The van der Waals surface area contributed by atoms with E-state index in [0.29, 0.717) is 0 Å². The van der Waals surface area contributed by atoms with Crippen LogP contribution >= 0.6 is 0 Å². The molecule has 0 amide bonds. The summed E-state index contributed by atoms with van der Waals surface area (Å²) in [5, 5.41) is 0. The first-order valence-corrected chi connectivity index (χ1v) is 10.9. The van der Waals surface area contributed by atoms with Crippen molar-refractivity contribution in [3.63, 3.8) is 0 Å². The summed E-state index contributed by atoms with van der Waals surface area (Å²) in [6.07, 6.45) is 7.29. The lowest BCUT2D eigenvalue weighted by Crippen LogP contribution is -2.59. The molecule has 2 heterocycles. The Morgan fingerprint density at radius 3 is 2.59 bits per heavy atom. The van der Waals surface area contributed by atoms with Gasteiger partial charge in [0.1, 0.15) is 0 Å². The van der Waals surface area contributed by atoms with Crippen LogP contribution in [0.5, 0.6) is 0 Å². The standard InChI is InChI=1S/C26H26O3/c1-24-15-7-8-16-25(24)28-23(22(24)27)26(29-25)20(17-18-9-3-2-4-10-18)14-13-19-11-5-6-12-21(19)26/h2-6,9-12,17,23H,7-8,13-16H2,1H3/b20-17+/t23-,24+,25-,26?/m0/s1. The highest BCUT2D eigenvalue weighted by Crippen LogP contribution is 2.67. The Balaban J connectivity index is 1.57. The molecule has 29 heavy (non-hydrogen) atoms. The third-order valence-electron chi connectivity index (χ3n) is 7.76. The minimum Gasteiger partial charge on any atom is -0.334 e. The molecule has 2 saturated heterocycles. The van der Waals surface area contributed by atoms with Gasteiger partial charge >= 0.3 is 0 Å². The van der Waals surface area contributed by atoms with Gasteiger partial charge in [-0.15, -0.1) is 0 Å². The van der Waals surface area contributed by atoms with Crippen molar-refractivity contribution in [1.29, 1.82) is 0 Å². The zero-order chi connectivity index (χ0) is 19.7. The fourth-order valence-corrected chi connectivity index (χ4v) is 6.19. The van der Waals surface area contributed by atoms with Crippen molar-refractivity contribution in [2.24, 2.45) is 5.41 Å². The van der Waals surface area contributed by atoms with Crippen LogP contribution in [0.1, 0.15) is 55.7 Å². The van der Waals surface area contributed by atoms with E-state index in [1.807, 2.05) is 6.07 Å². The predicted molar refractivity (Wildman–Crippen MR) is 111 cm³/mol. The number of ether oxygens (including phenoxy) is 2. The van der Waals surface area contributed by atoms with E-state index in [1.54, 1.807) is 0 Å². The number of hydrogen-bond donors (Lipinski definition) is 0. The quantitative estimate of drug-likeness (QED) is 0.677. The number of benzene rings is 2. The van der Waals surface area contributed by atoms with Crippen LogP contribution in [0.4, 0.5) is 0 Å². The molecule has 1 saturated carbocycles. The Hall–Kier alpha value is -2.23. The summed E-state index contributed by atoms with van der Waals surface area (Å²) < 4.78 is 13.6. The van der Waals surface area contributed by atoms with Crippen molar-refractivity contribution in [2.75, 3.05) is 0 Å². The number of carbonyl (C=O) groups is 1. The molecule has 3 nitrogen and oxygen atoms in total. The van der Waals surface area contributed by atoms with E-state index < -0.39 is 22.9 Å². The monoisotopic (exact) mass is 386 g/mol. The number of Topliss-reactive ketones (excluding diaryl/α,β-unsaturated/α-hetero) is 1. The van der Waals surface area contributed by atoms with E-state index in [2.05, 4.69) is 61.5 Å². The number of aryl methyl sites for hydroxylation is 1. The molecule has 0 radical (unpaired) electrons. The van der Waals surface area contributed by atoms with Gasteiger partial charge in [0.2, 0.25) is 0 Å². The zero-order valence-electron chi connectivity index (χ0n) is 16.8. The summed E-state index contributed by atoms with van der Waals surface area (Å²) >= 11 is 0. The van der Waals surface area contributed by atoms with Crippen LogP contribution in [-0.2, 0) is 26.3 Å². The highest BCUT2D eigenvalue weighted by Gasteiger charge is 2.77. The summed E-state index contributed by atoms with van der Waals surface area (Å²) in [5.41, 5.74) is 3.39. The number of ketones is 1. The lowest BCUT2D eigenvalue weighted by Gasteiger charge is -2.50. The first kappa shape index (κ1) is 17.6. The van der Waals surface area contributed by atoms with Crippen LogP contribution in [0.15, 0.2) is 60.2 Å². The smallest absolute Gasteiger partial charge is 0.183 e. The summed E-state index contributed by atoms with van der Waals surface area (Å²) in [5.74, 6) is -0.549. The first-order valence-electron chi connectivity index (χ1n) is 10.9. The predicted octanol–water partition coefficient (Wildman–Crippen LogP) is 5.19. The SMILES string of the molecule is C[C@]12CCCC[C@@]13O[C@@H](C2=O)C1(O3)/C(=C/c2ccccc2)CCc2ccccc21. The van der Waals surface area contributed by atoms with E-state index in [9.17, 15) is 4.79 Å². The van der Waals surface area contributed by atoms with E-state index in [4.69, 9.17) is 9.47 Å². The van der Waals surface area contributed by atoms with Crippen molar-refractivity contribution in [1.82, 2.24) is 0 Å². The molecule has 0 N–H and O–H groups in total. The number of rotatable bonds is 1. The lowest BCUT2D eigenvalue weighted by atomic mass is 9.62. The van der Waals surface area contributed by atoms with Gasteiger partial charge in [-0.3, -0.25) is 4.79 Å². The number of carbonyl (C=O) groups excluding carboxylic acids is 1. The maximum absolute atomic E-state index is 13.8. The fourth-order valence-electron chi connectivity index (χ4n) is 6.19. The normalized spacial score (nSPS) is 39.0. The highest BCUT2D eigenvalue weighted by molar-refractivity contribution is 5.95. The molecule has 1 unspecified atom stereocenters. The van der Waals surface area contributed by atoms with Crippen molar-refractivity contribution in [2.45, 2.75) is 62.9 Å². The van der Waals surface area contributed by atoms with Crippen molar-refractivity contribution in [3.8, 4) is 0 Å². The van der Waals surface area contributed by atoms with Gasteiger partial charge in [0.15, 0.2) is 23.3 Å². The molecule has 4 atom stereocenters. The average molecular weight is 386 g/mol. The van der Waals surface area contributed by atoms with E-state index >= 15 is 0 Å². The molecular formula is C26H26O3. The average Bonchev–Trinajstić information content (AvgIpc) is 3.20. The van der Waals surface area contributed by atoms with Gasteiger partial charge in [0, 0.05) is 6.42 Å². The van der Waals surface area contributed by atoms with Gasteiger partial charge in [-0.2, -0.15) is 0 Å². The Kier molecular flexibility index (Phi) is 3.58. The van der Waals surface area contributed by atoms with E-state index in [0.717, 1.165) is 49.7 Å². The molecule has 2 aliphatic carbocycles. The second-order valence-corrected chi connectivity index (χ2v) is 9.23. The van der Waals surface area contributed by atoms with Crippen LogP contribution < -0.4 is 0 Å². The second-order valence-electron chi connectivity index (χ2n) is 9.23. The lowest BCUT2D eigenvalue weighted by molar-refractivity contribution is -0.249. The van der Waals surface area contributed by atoms with Gasteiger partial charge in [-0.25, -0.2) is 0 Å². The molecule has 3 heteroatoms. The Morgan fingerprint density at radius 1 is 0.966 bits per heavy atom. The molecular weight excluding hydrogens is 360 g/mol. The molecule has 3 fully saturated rings. The van der Waals surface area contributed by atoms with E-state index in [-0.39, 0.29) is 5.78 Å². The Labute approximate surface area is 171 Å². The third-order valence-corrected chi connectivity index (χ3v) is 7.76.